The van der Waals surface area contributed by atoms with Crippen LogP contribution in [0, 0.1) is 0 Å². The van der Waals surface area contributed by atoms with E-state index in [4.69, 9.17) is 9.84 Å². The van der Waals surface area contributed by atoms with Crippen molar-refractivity contribution in [2.24, 2.45) is 0 Å². The Morgan fingerprint density at radius 3 is 2.47 bits per heavy atom. The van der Waals surface area contributed by atoms with E-state index in [1.807, 2.05) is 0 Å². The van der Waals surface area contributed by atoms with Crippen LogP contribution in [0.4, 0.5) is 9.18 Å². The SMILES string of the molecule is CC(C)(C)OC(=O)NC1CCC(F)(C(=O)O)C1. The molecule has 17 heavy (non-hydrogen) atoms. The largest absolute Gasteiger partial charge is 0.479 e. The van der Waals surface area contributed by atoms with E-state index in [0.29, 0.717) is 6.42 Å². The predicted octanol–water partition coefficient (Wildman–Crippen LogP) is 1.86. The third kappa shape index (κ3) is 3.87. The van der Waals surface area contributed by atoms with Crippen LogP contribution in [-0.2, 0) is 9.53 Å². The van der Waals surface area contributed by atoms with Gasteiger partial charge in [0.1, 0.15) is 5.60 Å². The van der Waals surface area contributed by atoms with E-state index in [2.05, 4.69) is 5.32 Å². The minimum absolute atomic E-state index is 0.0806. The van der Waals surface area contributed by atoms with Gasteiger partial charge in [-0.3, -0.25) is 0 Å². The molecule has 1 aliphatic carbocycles. The maximum Gasteiger partial charge on any atom is 0.407 e. The summed E-state index contributed by atoms with van der Waals surface area (Å²) in [5.41, 5.74) is -2.85. The first-order chi connectivity index (χ1) is 7.62. The summed E-state index contributed by atoms with van der Waals surface area (Å²) in [5.74, 6) is -1.47. The number of alkyl carbamates (subject to hydrolysis) is 1. The van der Waals surface area contributed by atoms with Crippen LogP contribution in [0.2, 0.25) is 0 Å². The van der Waals surface area contributed by atoms with E-state index in [-0.39, 0.29) is 12.8 Å². The highest BCUT2D eigenvalue weighted by Gasteiger charge is 2.46. The van der Waals surface area contributed by atoms with Gasteiger partial charge in [0.2, 0.25) is 5.67 Å². The van der Waals surface area contributed by atoms with Crippen molar-refractivity contribution >= 4 is 12.1 Å². The molecule has 1 amide bonds. The number of carboxylic acids is 1. The van der Waals surface area contributed by atoms with E-state index in [9.17, 15) is 14.0 Å². The Balaban J connectivity index is 2.46. The molecule has 2 unspecified atom stereocenters. The molecule has 1 aliphatic rings. The third-order valence-corrected chi connectivity index (χ3v) is 2.56. The fourth-order valence-electron chi connectivity index (χ4n) is 1.79. The van der Waals surface area contributed by atoms with Crippen molar-refractivity contribution in [3.05, 3.63) is 0 Å². The maximum absolute atomic E-state index is 13.7. The van der Waals surface area contributed by atoms with Gasteiger partial charge in [0.15, 0.2) is 0 Å². The lowest BCUT2D eigenvalue weighted by molar-refractivity contribution is -0.150. The molecule has 5 nitrogen and oxygen atoms in total. The number of carbonyl (C=O) groups excluding carboxylic acids is 1. The zero-order valence-corrected chi connectivity index (χ0v) is 10.2. The second-order valence-corrected chi connectivity index (χ2v) is 5.36. The molecule has 0 aromatic rings. The van der Waals surface area contributed by atoms with Gasteiger partial charge in [-0.15, -0.1) is 0 Å². The Labute approximate surface area is 99.3 Å². The number of aliphatic carboxylic acids is 1. The van der Waals surface area contributed by atoms with Crippen molar-refractivity contribution < 1.29 is 23.8 Å². The van der Waals surface area contributed by atoms with Crippen LogP contribution in [0.5, 0.6) is 0 Å². The second-order valence-electron chi connectivity index (χ2n) is 5.36. The highest BCUT2D eigenvalue weighted by atomic mass is 19.1. The summed E-state index contributed by atoms with van der Waals surface area (Å²) in [4.78, 5) is 22.1. The zero-order valence-electron chi connectivity index (χ0n) is 10.2. The number of carbonyl (C=O) groups is 2. The molecule has 0 spiro atoms. The van der Waals surface area contributed by atoms with E-state index < -0.39 is 29.4 Å². The molecule has 0 saturated heterocycles. The first kappa shape index (κ1) is 13.7. The van der Waals surface area contributed by atoms with Gasteiger partial charge in [-0.1, -0.05) is 0 Å². The lowest BCUT2D eigenvalue weighted by Gasteiger charge is -2.22. The molecule has 0 bridgehead atoms. The molecular formula is C11H18FNO4. The average Bonchev–Trinajstić information content (AvgIpc) is 2.45. The Morgan fingerprint density at radius 2 is 2.06 bits per heavy atom. The number of halogens is 1. The first-order valence-corrected chi connectivity index (χ1v) is 5.54. The Morgan fingerprint density at radius 1 is 1.47 bits per heavy atom. The maximum atomic E-state index is 13.7. The van der Waals surface area contributed by atoms with Crippen molar-refractivity contribution in [3.8, 4) is 0 Å². The lowest BCUT2D eigenvalue weighted by atomic mass is 10.1. The fourth-order valence-corrected chi connectivity index (χ4v) is 1.79. The molecule has 98 valence electrons. The molecule has 1 rings (SSSR count). The van der Waals surface area contributed by atoms with Crippen LogP contribution in [0.1, 0.15) is 40.0 Å². The lowest BCUT2D eigenvalue weighted by Crippen LogP contribution is -2.40. The number of hydrogen-bond donors (Lipinski definition) is 2. The molecule has 0 radical (unpaired) electrons. The smallest absolute Gasteiger partial charge is 0.407 e. The van der Waals surface area contributed by atoms with E-state index >= 15 is 0 Å². The predicted molar refractivity (Wildman–Crippen MR) is 58.5 cm³/mol. The molecule has 2 N–H and O–H groups in total. The summed E-state index contributed by atoms with van der Waals surface area (Å²) in [6, 6.07) is -0.481. The summed E-state index contributed by atoms with van der Waals surface area (Å²) < 4.78 is 18.7. The Kier molecular flexibility index (Phi) is 3.64. The first-order valence-electron chi connectivity index (χ1n) is 5.54. The molecule has 6 heteroatoms. The van der Waals surface area contributed by atoms with Gasteiger partial charge < -0.3 is 15.2 Å². The van der Waals surface area contributed by atoms with Crippen LogP contribution in [0.3, 0.4) is 0 Å². The molecule has 1 saturated carbocycles. The third-order valence-electron chi connectivity index (χ3n) is 2.56. The number of hydrogen-bond acceptors (Lipinski definition) is 3. The van der Waals surface area contributed by atoms with Crippen LogP contribution in [0.25, 0.3) is 0 Å². The number of carboxylic acid groups (broad SMARTS) is 1. The highest BCUT2D eigenvalue weighted by molar-refractivity contribution is 5.78. The minimum atomic E-state index is -2.22. The second kappa shape index (κ2) is 4.50. The molecular weight excluding hydrogens is 229 g/mol. The van der Waals surface area contributed by atoms with Gasteiger partial charge in [0, 0.05) is 12.5 Å². The fraction of sp³-hybridized carbons (Fsp3) is 0.818. The standard InChI is InChI=1S/C11H18FNO4/c1-10(2,3)17-9(16)13-7-4-5-11(12,6-7)8(14)15/h7H,4-6H2,1-3H3,(H,13,16)(H,14,15). The zero-order chi connectivity index (χ0) is 13.3. The van der Waals surface area contributed by atoms with Gasteiger partial charge in [-0.25, -0.2) is 14.0 Å². The number of alkyl halides is 1. The molecule has 2 atom stereocenters. The van der Waals surface area contributed by atoms with E-state index in [1.165, 1.54) is 0 Å². The normalized spacial score (nSPS) is 28.8. The summed E-state index contributed by atoms with van der Waals surface area (Å²) >= 11 is 0. The van der Waals surface area contributed by atoms with Gasteiger partial charge >= 0.3 is 12.1 Å². The van der Waals surface area contributed by atoms with Crippen molar-refractivity contribution in [1.82, 2.24) is 5.32 Å². The number of rotatable bonds is 2. The van der Waals surface area contributed by atoms with Crippen LogP contribution in [-0.4, -0.2) is 34.5 Å². The summed E-state index contributed by atoms with van der Waals surface area (Å²) in [7, 11) is 0. The van der Waals surface area contributed by atoms with Gasteiger partial charge in [-0.05, 0) is 33.6 Å². The Bertz CT molecular complexity index is 326. The van der Waals surface area contributed by atoms with Crippen molar-refractivity contribution in [1.29, 1.82) is 0 Å². The van der Waals surface area contributed by atoms with Gasteiger partial charge in [0.05, 0.1) is 0 Å². The van der Waals surface area contributed by atoms with Gasteiger partial charge in [-0.2, -0.15) is 0 Å². The van der Waals surface area contributed by atoms with E-state index in [1.54, 1.807) is 20.8 Å². The topological polar surface area (TPSA) is 75.6 Å². The van der Waals surface area contributed by atoms with Crippen molar-refractivity contribution in [2.45, 2.75) is 57.3 Å². The van der Waals surface area contributed by atoms with E-state index in [0.717, 1.165) is 0 Å². The van der Waals surface area contributed by atoms with Crippen molar-refractivity contribution in [2.75, 3.05) is 0 Å². The summed E-state index contributed by atoms with van der Waals surface area (Å²) in [5, 5.41) is 11.2. The van der Waals surface area contributed by atoms with Crippen LogP contribution >= 0.6 is 0 Å². The summed E-state index contributed by atoms with van der Waals surface area (Å²) in [6.07, 6.45) is -0.621. The number of nitrogens with one attached hydrogen (secondary N) is 1. The van der Waals surface area contributed by atoms with Gasteiger partial charge in [0.25, 0.3) is 0 Å². The Hall–Kier alpha value is -1.33. The van der Waals surface area contributed by atoms with Crippen LogP contribution in [0.15, 0.2) is 0 Å². The molecule has 0 aliphatic heterocycles. The minimum Gasteiger partial charge on any atom is -0.479 e. The average molecular weight is 247 g/mol. The molecule has 0 heterocycles. The molecule has 0 aromatic heterocycles. The molecule has 1 fully saturated rings. The molecule has 0 aromatic carbocycles. The number of ether oxygens (including phenoxy) is 1. The monoisotopic (exact) mass is 247 g/mol. The highest BCUT2D eigenvalue weighted by Crippen LogP contribution is 2.34. The van der Waals surface area contributed by atoms with Crippen molar-refractivity contribution in [3.63, 3.8) is 0 Å². The quantitative estimate of drug-likeness (QED) is 0.780. The number of amides is 1. The summed E-state index contributed by atoms with van der Waals surface area (Å²) in [6.45, 7) is 5.16. The van der Waals surface area contributed by atoms with Crippen LogP contribution < -0.4 is 5.32 Å².